The zero-order chi connectivity index (χ0) is 22.3. The molecule has 2 N–H and O–H groups in total. The molecule has 0 aromatic rings. The van der Waals surface area contributed by atoms with E-state index in [2.05, 4.69) is 37.5 Å². The zero-order valence-electron chi connectivity index (χ0n) is 19.1. The molecule has 0 bridgehead atoms. The number of likely N-dealkylation sites (tertiary alicyclic amines) is 1. The molecule has 3 nitrogen and oxygen atoms in total. The minimum atomic E-state index is -2.18. The molecule has 0 spiro atoms. The molecule has 1 saturated heterocycles. The highest BCUT2D eigenvalue weighted by molar-refractivity contribution is 5.29. The molecular formula is C26H39F2NO2. The van der Waals surface area contributed by atoms with Gasteiger partial charge in [0.15, 0.2) is 0 Å². The maximum absolute atomic E-state index is 12.8. The van der Waals surface area contributed by atoms with E-state index in [4.69, 9.17) is 0 Å². The Bertz CT molecular complexity index is 726. The van der Waals surface area contributed by atoms with E-state index in [1.807, 2.05) is 0 Å². The molecule has 3 saturated carbocycles. The third-order valence-corrected chi connectivity index (χ3v) is 8.91. The van der Waals surface area contributed by atoms with Gasteiger partial charge in [0.1, 0.15) is 0 Å². The second-order valence-electron chi connectivity index (χ2n) is 11.0. The summed E-state index contributed by atoms with van der Waals surface area (Å²) in [6, 6.07) is 0. The van der Waals surface area contributed by atoms with E-state index in [0.29, 0.717) is 49.3 Å². The van der Waals surface area contributed by atoms with Crippen LogP contribution < -0.4 is 0 Å². The lowest BCUT2D eigenvalue weighted by Gasteiger charge is -2.47. The first-order valence-corrected chi connectivity index (χ1v) is 12.1. The zero-order valence-corrected chi connectivity index (χ0v) is 19.1. The highest BCUT2D eigenvalue weighted by Gasteiger charge is 2.51. The van der Waals surface area contributed by atoms with Gasteiger partial charge in [0.2, 0.25) is 6.43 Å². The Morgan fingerprint density at radius 2 is 1.84 bits per heavy atom. The fraction of sp³-hybridized carbons (Fsp3) is 0.769. The summed E-state index contributed by atoms with van der Waals surface area (Å²) in [4.78, 5) is 2.22. The van der Waals surface area contributed by atoms with Crippen molar-refractivity contribution in [2.75, 3.05) is 19.6 Å². The van der Waals surface area contributed by atoms with Gasteiger partial charge in [-0.25, -0.2) is 8.78 Å². The molecule has 0 aromatic carbocycles. The average Bonchev–Trinajstić information content (AvgIpc) is 3.03. The van der Waals surface area contributed by atoms with Gasteiger partial charge in [-0.05, 0) is 73.7 Å². The van der Waals surface area contributed by atoms with Crippen molar-refractivity contribution in [1.29, 1.82) is 0 Å². The van der Waals surface area contributed by atoms with Gasteiger partial charge in [-0.2, -0.15) is 0 Å². The first-order valence-electron chi connectivity index (χ1n) is 12.1. The second kappa shape index (κ2) is 9.07. The Hall–Kier alpha value is -1.04. The molecular weight excluding hydrogens is 396 g/mol. The molecule has 31 heavy (non-hydrogen) atoms. The Labute approximate surface area is 185 Å². The summed E-state index contributed by atoms with van der Waals surface area (Å²) >= 11 is 0. The Morgan fingerprint density at radius 1 is 1.16 bits per heavy atom. The lowest BCUT2D eigenvalue weighted by atomic mass is 9.61. The number of fused-ring (bicyclic) bond motifs is 1. The van der Waals surface area contributed by atoms with Crippen LogP contribution in [0.1, 0.15) is 58.8 Å². The lowest BCUT2D eigenvalue weighted by Crippen LogP contribution is -2.52. The number of alkyl halides is 2. The van der Waals surface area contributed by atoms with E-state index in [1.165, 1.54) is 31.3 Å². The predicted octanol–water partition coefficient (Wildman–Crippen LogP) is 4.96. The molecule has 1 heterocycles. The number of aliphatic hydroxyl groups excluding tert-OH is 2. The van der Waals surface area contributed by atoms with E-state index < -0.39 is 24.6 Å². The number of allylic oxidation sites excluding steroid dienone is 3. The molecule has 4 fully saturated rings. The standard InChI is InChI=1S/C26H39F2NO2/c1-16(13-29-14-20(15-29)25(27)28)21-8-9-22-19(5-4-10-26(21,22)3)7-6-18-11-23(30)17(2)24(31)12-18/h6-7,16,20-25,30-31H,2,4-5,8-15H2,1,3H3/b19-7+/t16?,21-,22+,23-,24-,26-/m1/s1. The van der Waals surface area contributed by atoms with E-state index in [-0.39, 0.29) is 5.41 Å². The lowest BCUT2D eigenvalue weighted by molar-refractivity contribution is -0.0381. The first-order chi connectivity index (χ1) is 14.7. The molecule has 0 aromatic heterocycles. The summed E-state index contributed by atoms with van der Waals surface area (Å²) in [6.45, 7) is 10.6. The van der Waals surface area contributed by atoms with Crippen LogP contribution in [0.15, 0.2) is 35.5 Å². The Balaban J connectivity index is 1.41. The maximum Gasteiger partial charge on any atom is 0.243 e. The Kier molecular flexibility index (Phi) is 6.77. The topological polar surface area (TPSA) is 43.7 Å². The van der Waals surface area contributed by atoms with Crippen LogP contribution in [0.3, 0.4) is 0 Å². The third kappa shape index (κ3) is 4.56. The smallest absolute Gasteiger partial charge is 0.243 e. The molecule has 1 aliphatic heterocycles. The fourth-order valence-corrected chi connectivity index (χ4v) is 7.09. The van der Waals surface area contributed by atoms with Crippen LogP contribution in [-0.4, -0.2) is 53.4 Å². The number of halogens is 2. The van der Waals surface area contributed by atoms with Crippen LogP contribution in [0.25, 0.3) is 0 Å². The van der Waals surface area contributed by atoms with Crippen molar-refractivity contribution in [2.45, 2.75) is 77.4 Å². The molecule has 4 rings (SSSR count). The van der Waals surface area contributed by atoms with Gasteiger partial charge >= 0.3 is 0 Å². The number of hydrogen-bond acceptors (Lipinski definition) is 3. The minimum Gasteiger partial charge on any atom is -0.388 e. The van der Waals surface area contributed by atoms with Gasteiger partial charge in [-0.1, -0.05) is 43.7 Å². The normalized spacial score (nSPS) is 39.6. The number of nitrogens with zero attached hydrogens (tertiary/aromatic N) is 1. The molecule has 0 radical (unpaired) electrons. The average molecular weight is 436 g/mol. The van der Waals surface area contributed by atoms with Gasteiger partial charge in [0, 0.05) is 25.6 Å². The number of rotatable bonds is 5. The number of hydrogen-bond donors (Lipinski definition) is 2. The van der Waals surface area contributed by atoms with Crippen LogP contribution in [0.4, 0.5) is 8.78 Å². The summed E-state index contributed by atoms with van der Waals surface area (Å²) in [5.41, 5.74) is 3.44. The SMILES string of the molecule is C=C1[C@H](O)CC(=C/C=C2\CCC[C@]3(C)[C@@H](C(C)CN4CC(C(F)F)C4)CC[C@@H]23)C[C@H]1O. The maximum atomic E-state index is 12.8. The molecule has 1 unspecified atom stereocenters. The van der Waals surface area contributed by atoms with Crippen molar-refractivity contribution >= 4 is 0 Å². The van der Waals surface area contributed by atoms with Crippen molar-refractivity contribution in [2.24, 2.45) is 29.1 Å². The van der Waals surface area contributed by atoms with Crippen molar-refractivity contribution in [3.8, 4) is 0 Å². The summed E-state index contributed by atoms with van der Waals surface area (Å²) in [5.74, 6) is 1.33. The minimum absolute atomic E-state index is 0.287. The molecule has 4 aliphatic rings. The first kappa shape index (κ1) is 23.1. The van der Waals surface area contributed by atoms with Crippen LogP contribution in [0, 0.1) is 29.1 Å². The third-order valence-electron chi connectivity index (χ3n) is 8.91. The molecule has 3 aliphatic carbocycles. The largest absolute Gasteiger partial charge is 0.388 e. The highest BCUT2D eigenvalue weighted by atomic mass is 19.3. The van der Waals surface area contributed by atoms with Gasteiger partial charge < -0.3 is 15.1 Å². The summed E-state index contributed by atoms with van der Waals surface area (Å²) in [5, 5.41) is 20.2. The highest BCUT2D eigenvalue weighted by Crippen LogP contribution is 2.59. The van der Waals surface area contributed by atoms with E-state index in [0.717, 1.165) is 18.5 Å². The van der Waals surface area contributed by atoms with Gasteiger partial charge in [0.05, 0.1) is 12.2 Å². The van der Waals surface area contributed by atoms with Gasteiger partial charge in [-0.3, -0.25) is 0 Å². The van der Waals surface area contributed by atoms with Gasteiger partial charge in [-0.15, -0.1) is 0 Å². The quantitative estimate of drug-likeness (QED) is 0.600. The molecule has 6 atom stereocenters. The molecule has 174 valence electrons. The second-order valence-corrected chi connectivity index (χ2v) is 11.0. The fourth-order valence-electron chi connectivity index (χ4n) is 7.09. The van der Waals surface area contributed by atoms with Crippen LogP contribution in [0.2, 0.25) is 0 Å². The van der Waals surface area contributed by atoms with Gasteiger partial charge in [0.25, 0.3) is 0 Å². The van der Waals surface area contributed by atoms with Crippen molar-refractivity contribution in [3.63, 3.8) is 0 Å². The van der Waals surface area contributed by atoms with Crippen LogP contribution in [0.5, 0.6) is 0 Å². The van der Waals surface area contributed by atoms with E-state index in [1.54, 1.807) is 0 Å². The predicted molar refractivity (Wildman–Crippen MR) is 120 cm³/mol. The van der Waals surface area contributed by atoms with Crippen LogP contribution >= 0.6 is 0 Å². The van der Waals surface area contributed by atoms with Crippen molar-refractivity contribution < 1.29 is 19.0 Å². The van der Waals surface area contributed by atoms with E-state index in [9.17, 15) is 19.0 Å². The monoisotopic (exact) mass is 435 g/mol. The van der Waals surface area contributed by atoms with Crippen LogP contribution in [-0.2, 0) is 0 Å². The van der Waals surface area contributed by atoms with E-state index >= 15 is 0 Å². The van der Waals surface area contributed by atoms with Crippen molar-refractivity contribution in [3.05, 3.63) is 35.5 Å². The summed E-state index contributed by atoms with van der Waals surface area (Å²) in [7, 11) is 0. The Morgan fingerprint density at radius 3 is 2.48 bits per heavy atom. The molecule has 5 heteroatoms. The molecule has 0 amide bonds. The van der Waals surface area contributed by atoms with Crippen molar-refractivity contribution in [1.82, 2.24) is 4.90 Å². The number of aliphatic hydroxyl groups is 2. The summed E-state index contributed by atoms with van der Waals surface area (Å²) in [6.07, 6.45) is 8.09. The summed E-state index contributed by atoms with van der Waals surface area (Å²) < 4.78 is 25.6.